The van der Waals surface area contributed by atoms with Gasteiger partial charge in [-0.2, -0.15) is 0 Å². The van der Waals surface area contributed by atoms with Gasteiger partial charge in [0.1, 0.15) is 6.04 Å². The van der Waals surface area contributed by atoms with Crippen LogP contribution < -0.4 is 10.2 Å². The summed E-state index contributed by atoms with van der Waals surface area (Å²) in [6.07, 6.45) is 0.461. The number of benzene rings is 2. The fraction of sp³-hybridized carbons (Fsp3) is 0.286. The highest BCUT2D eigenvalue weighted by Gasteiger charge is 2.36. The Hall–Kier alpha value is -3.15. The topological polar surface area (TPSA) is 75.7 Å². The van der Waals surface area contributed by atoms with Crippen molar-refractivity contribution < 1.29 is 19.1 Å². The van der Waals surface area contributed by atoms with E-state index in [2.05, 4.69) is 5.32 Å². The molecule has 2 aromatic carbocycles. The molecule has 140 valence electrons. The second kappa shape index (κ2) is 8.49. The van der Waals surface area contributed by atoms with Crippen LogP contribution in [0.3, 0.4) is 0 Å². The lowest BCUT2D eigenvalue weighted by Crippen LogP contribution is -2.46. The molecule has 27 heavy (non-hydrogen) atoms. The molecule has 0 bridgehead atoms. The van der Waals surface area contributed by atoms with E-state index < -0.39 is 17.9 Å². The van der Waals surface area contributed by atoms with Crippen LogP contribution in [0.1, 0.15) is 12.0 Å². The van der Waals surface area contributed by atoms with Crippen LogP contribution in [0.25, 0.3) is 0 Å². The molecule has 0 spiro atoms. The lowest BCUT2D eigenvalue weighted by molar-refractivity contribution is -0.145. The van der Waals surface area contributed by atoms with Crippen LogP contribution in [0.2, 0.25) is 0 Å². The number of ether oxygens (including phenoxy) is 1. The van der Waals surface area contributed by atoms with Crippen molar-refractivity contribution in [1.82, 2.24) is 5.32 Å². The Morgan fingerprint density at radius 1 is 1.11 bits per heavy atom. The minimum Gasteiger partial charge on any atom is -0.467 e. The molecule has 1 fully saturated rings. The highest BCUT2D eigenvalue weighted by atomic mass is 16.5. The van der Waals surface area contributed by atoms with Crippen LogP contribution in [0.15, 0.2) is 60.7 Å². The van der Waals surface area contributed by atoms with E-state index in [1.807, 2.05) is 60.7 Å². The van der Waals surface area contributed by atoms with Gasteiger partial charge in [0, 0.05) is 25.1 Å². The molecule has 6 heteroatoms. The van der Waals surface area contributed by atoms with E-state index in [0.717, 1.165) is 11.3 Å². The fourth-order valence-corrected chi connectivity index (χ4v) is 3.22. The summed E-state index contributed by atoms with van der Waals surface area (Å²) in [5, 5.41) is 2.76. The van der Waals surface area contributed by atoms with Crippen LogP contribution in [0.5, 0.6) is 0 Å². The number of carbonyl (C=O) groups is 3. The molecule has 6 nitrogen and oxygen atoms in total. The zero-order valence-electron chi connectivity index (χ0n) is 15.1. The monoisotopic (exact) mass is 366 g/mol. The number of nitrogens with one attached hydrogen (secondary N) is 1. The van der Waals surface area contributed by atoms with E-state index >= 15 is 0 Å². The van der Waals surface area contributed by atoms with E-state index in [0.29, 0.717) is 13.0 Å². The van der Waals surface area contributed by atoms with Gasteiger partial charge in [0.25, 0.3) is 0 Å². The minimum atomic E-state index is -0.786. The summed E-state index contributed by atoms with van der Waals surface area (Å²) in [5.41, 5.74) is 1.69. The number of hydrogen-bond donors (Lipinski definition) is 1. The van der Waals surface area contributed by atoms with Crippen molar-refractivity contribution in [1.29, 1.82) is 0 Å². The van der Waals surface area contributed by atoms with E-state index in [1.54, 1.807) is 4.90 Å². The summed E-state index contributed by atoms with van der Waals surface area (Å²) in [4.78, 5) is 38.7. The van der Waals surface area contributed by atoms with Crippen molar-refractivity contribution in [2.24, 2.45) is 5.92 Å². The molecule has 0 aromatic heterocycles. The highest BCUT2D eigenvalue weighted by molar-refractivity contribution is 6.00. The number of hydrogen-bond acceptors (Lipinski definition) is 4. The quantitative estimate of drug-likeness (QED) is 0.793. The highest BCUT2D eigenvalue weighted by Crippen LogP contribution is 2.25. The third kappa shape index (κ3) is 4.53. The minimum absolute atomic E-state index is 0.0981. The largest absolute Gasteiger partial charge is 0.467 e. The van der Waals surface area contributed by atoms with Crippen LogP contribution in [-0.4, -0.2) is 37.5 Å². The van der Waals surface area contributed by atoms with E-state index in [-0.39, 0.29) is 18.2 Å². The molecule has 1 saturated heterocycles. The van der Waals surface area contributed by atoms with Gasteiger partial charge < -0.3 is 15.0 Å². The molecule has 3 rings (SSSR count). The predicted molar refractivity (Wildman–Crippen MR) is 101 cm³/mol. The Balaban J connectivity index is 1.67. The Morgan fingerprint density at radius 2 is 1.74 bits per heavy atom. The standard InChI is InChI=1S/C21H22N2O4/c1-27-21(26)18(12-15-8-4-2-5-9-15)22-20(25)16-13-19(24)23(14-16)17-10-6-3-7-11-17/h2-11,16,18H,12-14H2,1H3,(H,22,25)/t16-,18-/m0/s1. The summed E-state index contributed by atoms with van der Waals surface area (Å²) in [5.74, 6) is -1.41. The Morgan fingerprint density at radius 3 is 2.37 bits per heavy atom. The molecule has 2 aromatic rings. The SMILES string of the molecule is COC(=O)[C@H](Cc1ccccc1)NC(=O)[C@H]1CC(=O)N(c2ccccc2)C1. The number of rotatable bonds is 6. The number of anilines is 1. The lowest BCUT2D eigenvalue weighted by Gasteiger charge is -2.20. The van der Waals surface area contributed by atoms with Gasteiger partial charge in [0.2, 0.25) is 11.8 Å². The summed E-state index contributed by atoms with van der Waals surface area (Å²) in [7, 11) is 1.29. The second-order valence-corrected chi connectivity index (χ2v) is 6.51. The number of nitrogens with zero attached hydrogens (tertiary/aromatic N) is 1. The smallest absolute Gasteiger partial charge is 0.328 e. The maximum atomic E-state index is 12.7. The number of methoxy groups -OCH3 is 1. The zero-order chi connectivity index (χ0) is 19.2. The van der Waals surface area contributed by atoms with Crippen LogP contribution >= 0.6 is 0 Å². The van der Waals surface area contributed by atoms with E-state index in [1.165, 1.54) is 7.11 Å². The molecule has 1 heterocycles. The molecular weight excluding hydrogens is 344 g/mol. The third-order valence-electron chi connectivity index (χ3n) is 4.65. The summed E-state index contributed by atoms with van der Waals surface area (Å²) < 4.78 is 4.83. The Labute approximate surface area is 158 Å². The number of carbonyl (C=O) groups excluding carboxylic acids is 3. The molecule has 1 aliphatic heterocycles. The molecule has 0 saturated carbocycles. The maximum Gasteiger partial charge on any atom is 0.328 e. The van der Waals surface area contributed by atoms with Crippen LogP contribution in [-0.2, 0) is 25.5 Å². The van der Waals surface area contributed by atoms with E-state index in [9.17, 15) is 14.4 Å². The van der Waals surface area contributed by atoms with Crippen molar-refractivity contribution in [3.8, 4) is 0 Å². The first-order valence-corrected chi connectivity index (χ1v) is 8.86. The van der Waals surface area contributed by atoms with Gasteiger partial charge >= 0.3 is 5.97 Å². The predicted octanol–water partition coefficient (Wildman–Crippen LogP) is 1.94. The zero-order valence-corrected chi connectivity index (χ0v) is 15.1. The normalized spacial score (nSPS) is 17.4. The Bertz CT molecular complexity index is 807. The van der Waals surface area contributed by atoms with Gasteiger partial charge in [-0.15, -0.1) is 0 Å². The van der Waals surface area contributed by atoms with Gasteiger partial charge in [-0.25, -0.2) is 4.79 Å². The molecule has 2 atom stereocenters. The van der Waals surface area contributed by atoms with Crippen molar-refractivity contribution in [2.75, 3.05) is 18.6 Å². The summed E-state index contributed by atoms with van der Waals surface area (Å²) in [6.45, 7) is 0.300. The Kier molecular flexibility index (Phi) is 5.86. The molecule has 1 aliphatic rings. The van der Waals surface area contributed by atoms with Gasteiger partial charge in [-0.1, -0.05) is 48.5 Å². The van der Waals surface area contributed by atoms with Gasteiger partial charge in [-0.3, -0.25) is 9.59 Å². The summed E-state index contributed by atoms with van der Waals surface area (Å²) >= 11 is 0. The van der Waals surface area contributed by atoms with Gasteiger partial charge in [-0.05, 0) is 17.7 Å². The van der Waals surface area contributed by atoms with Crippen molar-refractivity contribution >= 4 is 23.5 Å². The van der Waals surface area contributed by atoms with Crippen LogP contribution in [0.4, 0.5) is 5.69 Å². The molecule has 2 amide bonds. The number of para-hydroxylation sites is 1. The van der Waals surface area contributed by atoms with Gasteiger partial charge in [0.15, 0.2) is 0 Å². The molecule has 1 N–H and O–H groups in total. The van der Waals surface area contributed by atoms with Crippen molar-refractivity contribution in [3.05, 3.63) is 66.2 Å². The summed E-state index contributed by atoms with van der Waals surface area (Å²) in [6, 6.07) is 17.9. The van der Waals surface area contributed by atoms with E-state index in [4.69, 9.17) is 4.74 Å². The van der Waals surface area contributed by atoms with Crippen molar-refractivity contribution in [2.45, 2.75) is 18.9 Å². The number of amides is 2. The lowest BCUT2D eigenvalue weighted by atomic mass is 10.0. The van der Waals surface area contributed by atoms with Crippen molar-refractivity contribution in [3.63, 3.8) is 0 Å². The first kappa shape index (κ1) is 18.6. The molecule has 0 unspecified atom stereocenters. The molecular formula is C21H22N2O4. The molecule has 0 radical (unpaired) electrons. The molecule has 0 aliphatic carbocycles. The average Bonchev–Trinajstić information content (AvgIpc) is 3.10. The number of esters is 1. The average molecular weight is 366 g/mol. The fourth-order valence-electron chi connectivity index (χ4n) is 3.22. The maximum absolute atomic E-state index is 12.7. The second-order valence-electron chi connectivity index (χ2n) is 6.51. The van der Waals surface area contributed by atoms with Gasteiger partial charge in [0.05, 0.1) is 13.0 Å². The third-order valence-corrected chi connectivity index (χ3v) is 4.65. The van der Waals surface area contributed by atoms with Crippen LogP contribution in [0, 0.1) is 5.92 Å². The first-order valence-electron chi connectivity index (χ1n) is 8.86. The first-order chi connectivity index (χ1) is 13.1.